The summed E-state index contributed by atoms with van der Waals surface area (Å²) in [6.07, 6.45) is 1.45. The van der Waals surface area contributed by atoms with Crippen LogP contribution in [0.25, 0.3) is 5.57 Å². The number of hydrogen-bond donors (Lipinski definition) is 1. The molecule has 33 heavy (non-hydrogen) atoms. The summed E-state index contributed by atoms with van der Waals surface area (Å²) in [6, 6.07) is 13.7. The maximum absolute atomic E-state index is 13.3. The minimum absolute atomic E-state index is 0.00645. The number of imide groups is 1. The van der Waals surface area contributed by atoms with Gasteiger partial charge in [0.1, 0.15) is 23.0 Å². The van der Waals surface area contributed by atoms with Crippen LogP contribution >= 0.6 is 0 Å². The van der Waals surface area contributed by atoms with Gasteiger partial charge in [-0.1, -0.05) is 0 Å². The zero-order chi connectivity index (χ0) is 23.5. The minimum Gasteiger partial charge on any atom is -0.497 e. The molecule has 2 heterocycles. The molecule has 0 bridgehead atoms. The standard InChI is InChI=1S/C23H19N3O7/c1-31-16-9-10-19(32-2)18(12-16)24-21-20(14-5-7-15(8-6-14)26(29)30)22(27)25(23(21)28)13-17-4-3-11-33-17/h3-12,24H,13H2,1-2H3. The lowest BCUT2D eigenvalue weighted by Gasteiger charge is -2.15. The first kappa shape index (κ1) is 21.6. The van der Waals surface area contributed by atoms with Crippen LogP contribution in [-0.4, -0.2) is 35.9 Å². The Morgan fingerprint density at radius 2 is 1.79 bits per heavy atom. The van der Waals surface area contributed by atoms with Gasteiger partial charge < -0.3 is 19.2 Å². The van der Waals surface area contributed by atoms with E-state index in [0.29, 0.717) is 28.5 Å². The van der Waals surface area contributed by atoms with Gasteiger partial charge in [-0.15, -0.1) is 0 Å². The van der Waals surface area contributed by atoms with Gasteiger partial charge in [0.15, 0.2) is 0 Å². The van der Waals surface area contributed by atoms with E-state index in [1.165, 1.54) is 44.7 Å². The molecule has 1 aromatic heterocycles. The fourth-order valence-electron chi connectivity index (χ4n) is 3.46. The molecule has 3 aromatic rings. The Morgan fingerprint density at radius 1 is 1.03 bits per heavy atom. The van der Waals surface area contributed by atoms with Gasteiger partial charge in [0.25, 0.3) is 17.5 Å². The van der Waals surface area contributed by atoms with Crippen molar-refractivity contribution in [3.8, 4) is 11.5 Å². The van der Waals surface area contributed by atoms with Gasteiger partial charge in [0.2, 0.25) is 0 Å². The zero-order valence-corrected chi connectivity index (χ0v) is 17.7. The van der Waals surface area contributed by atoms with E-state index in [2.05, 4.69) is 5.32 Å². The van der Waals surface area contributed by atoms with E-state index >= 15 is 0 Å². The number of benzene rings is 2. The van der Waals surface area contributed by atoms with Crippen molar-refractivity contribution in [2.75, 3.05) is 19.5 Å². The molecule has 1 aliphatic rings. The summed E-state index contributed by atoms with van der Waals surface area (Å²) in [5.41, 5.74) is 0.711. The second kappa shape index (κ2) is 8.87. The second-order valence-electron chi connectivity index (χ2n) is 7.02. The quantitative estimate of drug-likeness (QED) is 0.314. The van der Waals surface area contributed by atoms with Crippen molar-refractivity contribution in [2.24, 2.45) is 0 Å². The molecule has 0 fully saturated rings. The zero-order valence-electron chi connectivity index (χ0n) is 17.7. The molecule has 2 aromatic carbocycles. The molecular formula is C23H19N3O7. The van der Waals surface area contributed by atoms with Gasteiger partial charge in [0.05, 0.1) is 43.2 Å². The Kier molecular flexibility index (Phi) is 5.81. The molecule has 0 saturated carbocycles. The number of nitro benzene ring substituents is 1. The van der Waals surface area contributed by atoms with Crippen LogP contribution in [0.5, 0.6) is 11.5 Å². The average Bonchev–Trinajstić information content (AvgIpc) is 3.42. The number of anilines is 1. The Labute approximate surface area is 188 Å². The Balaban J connectivity index is 1.79. The summed E-state index contributed by atoms with van der Waals surface area (Å²) >= 11 is 0. The van der Waals surface area contributed by atoms with E-state index in [4.69, 9.17) is 13.9 Å². The first-order valence-corrected chi connectivity index (χ1v) is 9.79. The van der Waals surface area contributed by atoms with Crippen LogP contribution in [0.15, 0.2) is 71.0 Å². The van der Waals surface area contributed by atoms with E-state index in [0.717, 1.165) is 4.90 Å². The van der Waals surface area contributed by atoms with Gasteiger partial charge in [-0.25, -0.2) is 0 Å². The number of non-ortho nitro benzene ring substituents is 1. The SMILES string of the molecule is COc1ccc(OC)c(NC2=C(c3ccc([N+](=O)[O-])cc3)C(=O)N(Cc3ccco3)C2=O)c1. The molecule has 0 unspecified atom stereocenters. The fraction of sp³-hybridized carbons (Fsp3) is 0.130. The molecule has 0 saturated heterocycles. The first-order chi connectivity index (χ1) is 15.9. The molecule has 0 spiro atoms. The third-order valence-corrected chi connectivity index (χ3v) is 5.10. The maximum atomic E-state index is 13.3. The first-order valence-electron chi connectivity index (χ1n) is 9.79. The Bertz CT molecular complexity index is 1250. The van der Waals surface area contributed by atoms with Crippen molar-refractivity contribution in [1.29, 1.82) is 0 Å². The molecule has 2 amide bonds. The van der Waals surface area contributed by atoms with Crippen molar-refractivity contribution >= 4 is 28.8 Å². The number of nitrogens with one attached hydrogen (secondary N) is 1. The van der Waals surface area contributed by atoms with E-state index in [-0.39, 0.29) is 23.5 Å². The largest absolute Gasteiger partial charge is 0.497 e. The Hall–Kier alpha value is -4.60. The summed E-state index contributed by atoms with van der Waals surface area (Å²) in [5, 5.41) is 14.0. The fourth-order valence-corrected chi connectivity index (χ4v) is 3.46. The highest BCUT2D eigenvalue weighted by Crippen LogP contribution is 2.36. The predicted octanol–water partition coefficient (Wildman–Crippen LogP) is 3.60. The molecule has 4 rings (SSSR count). The van der Waals surface area contributed by atoms with Gasteiger partial charge in [-0.05, 0) is 42.0 Å². The van der Waals surface area contributed by atoms with Crippen molar-refractivity contribution < 1.29 is 28.4 Å². The highest BCUT2D eigenvalue weighted by Gasteiger charge is 2.40. The second-order valence-corrected chi connectivity index (χ2v) is 7.02. The highest BCUT2D eigenvalue weighted by molar-refractivity contribution is 6.36. The number of hydrogen-bond acceptors (Lipinski definition) is 8. The summed E-state index contributed by atoms with van der Waals surface area (Å²) in [4.78, 5) is 38.2. The number of ether oxygens (including phenoxy) is 2. The number of methoxy groups -OCH3 is 2. The van der Waals surface area contributed by atoms with Crippen molar-refractivity contribution in [1.82, 2.24) is 4.90 Å². The number of carbonyl (C=O) groups excluding carboxylic acids is 2. The van der Waals surface area contributed by atoms with Crippen LogP contribution in [0.4, 0.5) is 11.4 Å². The van der Waals surface area contributed by atoms with Gasteiger partial charge in [-0.3, -0.25) is 24.6 Å². The summed E-state index contributed by atoms with van der Waals surface area (Å²) in [5.74, 6) is 0.236. The van der Waals surface area contributed by atoms with Crippen molar-refractivity contribution in [2.45, 2.75) is 6.54 Å². The normalized spacial score (nSPS) is 13.5. The van der Waals surface area contributed by atoms with Crippen LogP contribution < -0.4 is 14.8 Å². The summed E-state index contributed by atoms with van der Waals surface area (Å²) in [7, 11) is 2.98. The summed E-state index contributed by atoms with van der Waals surface area (Å²) in [6.45, 7) is -0.0679. The van der Waals surface area contributed by atoms with Crippen LogP contribution in [0.3, 0.4) is 0 Å². The Morgan fingerprint density at radius 3 is 2.39 bits per heavy atom. The van der Waals surface area contributed by atoms with E-state index in [9.17, 15) is 19.7 Å². The highest BCUT2D eigenvalue weighted by atomic mass is 16.6. The number of amides is 2. The smallest absolute Gasteiger partial charge is 0.278 e. The molecule has 10 heteroatoms. The van der Waals surface area contributed by atoms with Crippen LogP contribution in [0, 0.1) is 10.1 Å². The van der Waals surface area contributed by atoms with Crippen molar-refractivity contribution in [3.05, 3.63) is 88.0 Å². The lowest BCUT2D eigenvalue weighted by molar-refractivity contribution is -0.384. The van der Waals surface area contributed by atoms with E-state index in [1.807, 2.05) is 0 Å². The van der Waals surface area contributed by atoms with Crippen LogP contribution in [-0.2, 0) is 16.1 Å². The molecular weight excluding hydrogens is 430 g/mol. The molecule has 0 atom stereocenters. The molecule has 0 aliphatic carbocycles. The van der Waals surface area contributed by atoms with Crippen LogP contribution in [0.2, 0.25) is 0 Å². The molecule has 0 radical (unpaired) electrons. The average molecular weight is 449 g/mol. The van der Waals surface area contributed by atoms with E-state index < -0.39 is 16.7 Å². The molecule has 1 aliphatic heterocycles. The topological polar surface area (TPSA) is 124 Å². The molecule has 1 N–H and O–H groups in total. The van der Waals surface area contributed by atoms with Crippen LogP contribution in [0.1, 0.15) is 11.3 Å². The number of carbonyl (C=O) groups is 2. The monoisotopic (exact) mass is 449 g/mol. The number of rotatable bonds is 8. The minimum atomic E-state index is -0.574. The number of nitro groups is 1. The van der Waals surface area contributed by atoms with Gasteiger partial charge in [-0.2, -0.15) is 0 Å². The summed E-state index contributed by atoms with van der Waals surface area (Å²) < 4.78 is 15.9. The maximum Gasteiger partial charge on any atom is 0.278 e. The third kappa shape index (κ3) is 4.13. The van der Waals surface area contributed by atoms with E-state index in [1.54, 1.807) is 30.3 Å². The molecule has 10 nitrogen and oxygen atoms in total. The lowest BCUT2D eigenvalue weighted by atomic mass is 10.0. The third-order valence-electron chi connectivity index (χ3n) is 5.10. The van der Waals surface area contributed by atoms with Gasteiger partial charge >= 0.3 is 0 Å². The predicted molar refractivity (Wildman–Crippen MR) is 117 cm³/mol. The number of nitrogens with zero attached hydrogens (tertiary/aromatic N) is 2. The van der Waals surface area contributed by atoms with Crippen molar-refractivity contribution in [3.63, 3.8) is 0 Å². The molecule has 168 valence electrons. The lowest BCUT2D eigenvalue weighted by Crippen LogP contribution is -2.31. The number of furan rings is 1. The van der Waals surface area contributed by atoms with Gasteiger partial charge in [0, 0.05) is 18.2 Å².